The molecule has 3 aliphatic rings. The summed E-state index contributed by atoms with van der Waals surface area (Å²) in [5.74, 6) is 3.02. The van der Waals surface area contributed by atoms with Gasteiger partial charge in [0.2, 0.25) is 0 Å². The van der Waals surface area contributed by atoms with Crippen molar-refractivity contribution in [3.63, 3.8) is 0 Å². The van der Waals surface area contributed by atoms with Gasteiger partial charge < -0.3 is 14.8 Å². The Morgan fingerprint density at radius 1 is 1.17 bits per heavy atom. The number of methoxy groups -OCH3 is 1. The minimum absolute atomic E-state index is 0.268. The third-order valence-electron chi connectivity index (χ3n) is 4.97. The van der Waals surface area contributed by atoms with Crippen molar-refractivity contribution in [1.29, 1.82) is 0 Å². The normalized spacial score (nSPS) is 35.8. The minimum Gasteiger partial charge on any atom is -0.377 e. The maximum atomic E-state index is 5.67. The molecule has 0 aliphatic heterocycles. The number of hydrogen-bond acceptors (Lipinski definition) is 3. The highest BCUT2D eigenvalue weighted by atomic mass is 16.5. The van der Waals surface area contributed by atoms with E-state index in [-0.39, 0.29) is 6.10 Å². The van der Waals surface area contributed by atoms with Crippen LogP contribution in [0.2, 0.25) is 0 Å². The summed E-state index contributed by atoms with van der Waals surface area (Å²) in [5, 5.41) is 3.75. The molecule has 3 heteroatoms. The van der Waals surface area contributed by atoms with Gasteiger partial charge in [-0.2, -0.15) is 0 Å². The topological polar surface area (TPSA) is 30.5 Å². The fourth-order valence-corrected chi connectivity index (χ4v) is 3.53. The quantitative estimate of drug-likeness (QED) is 0.719. The molecule has 0 heterocycles. The maximum Gasteiger partial charge on any atom is 0.0986 e. The van der Waals surface area contributed by atoms with Crippen LogP contribution in [0.4, 0.5) is 0 Å². The first-order valence-corrected chi connectivity index (χ1v) is 7.71. The molecular weight excluding hydrogens is 226 g/mol. The van der Waals surface area contributed by atoms with E-state index in [0.29, 0.717) is 12.1 Å². The average Bonchev–Trinajstić information content (AvgIpc) is 3.20. The molecule has 3 unspecified atom stereocenters. The van der Waals surface area contributed by atoms with Crippen LogP contribution in [0.1, 0.15) is 39.0 Å². The maximum absolute atomic E-state index is 5.67. The first-order valence-electron chi connectivity index (χ1n) is 7.71. The van der Waals surface area contributed by atoms with Crippen molar-refractivity contribution in [3.8, 4) is 0 Å². The Morgan fingerprint density at radius 3 is 2.33 bits per heavy atom. The van der Waals surface area contributed by atoms with Crippen molar-refractivity contribution in [3.05, 3.63) is 0 Å². The highest BCUT2D eigenvalue weighted by molar-refractivity contribution is 4.99. The van der Waals surface area contributed by atoms with Gasteiger partial charge in [-0.1, -0.05) is 0 Å². The van der Waals surface area contributed by atoms with Crippen LogP contribution in [0.5, 0.6) is 0 Å². The Labute approximate surface area is 111 Å². The van der Waals surface area contributed by atoms with Crippen molar-refractivity contribution in [2.24, 2.45) is 17.8 Å². The van der Waals surface area contributed by atoms with Gasteiger partial charge in [0, 0.05) is 19.8 Å². The van der Waals surface area contributed by atoms with Crippen molar-refractivity contribution in [1.82, 2.24) is 5.32 Å². The molecule has 0 bridgehead atoms. The Bertz CT molecular complexity index is 264. The van der Waals surface area contributed by atoms with E-state index in [2.05, 4.69) is 12.2 Å². The van der Waals surface area contributed by atoms with E-state index >= 15 is 0 Å². The molecule has 0 aromatic carbocycles. The van der Waals surface area contributed by atoms with Crippen LogP contribution >= 0.6 is 0 Å². The zero-order valence-electron chi connectivity index (χ0n) is 11.7. The molecule has 0 aromatic heterocycles. The van der Waals surface area contributed by atoms with Crippen LogP contribution in [-0.2, 0) is 9.47 Å². The molecule has 3 aliphatic carbocycles. The average molecular weight is 253 g/mol. The fourth-order valence-electron chi connectivity index (χ4n) is 3.53. The Balaban J connectivity index is 1.42. The fraction of sp³-hybridized carbons (Fsp3) is 1.00. The van der Waals surface area contributed by atoms with E-state index in [4.69, 9.17) is 9.47 Å². The predicted molar refractivity (Wildman–Crippen MR) is 71.6 cm³/mol. The Morgan fingerprint density at radius 2 is 1.83 bits per heavy atom. The summed E-state index contributed by atoms with van der Waals surface area (Å²) >= 11 is 0. The van der Waals surface area contributed by atoms with Gasteiger partial charge in [0.1, 0.15) is 0 Å². The Kier molecular flexibility index (Phi) is 3.92. The monoisotopic (exact) mass is 253 g/mol. The van der Waals surface area contributed by atoms with Crippen molar-refractivity contribution in [2.45, 2.75) is 57.3 Å². The molecule has 3 rings (SSSR count). The molecule has 3 saturated carbocycles. The third-order valence-corrected chi connectivity index (χ3v) is 4.97. The number of hydrogen-bond donors (Lipinski definition) is 1. The zero-order valence-corrected chi connectivity index (χ0v) is 11.7. The summed E-state index contributed by atoms with van der Waals surface area (Å²) in [4.78, 5) is 0. The molecule has 0 radical (unpaired) electrons. The molecule has 18 heavy (non-hydrogen) atoms. The van der Waals surface area contributed by atoms with Crippen LogP contribution in [0.15, 0.2) is 0 Å². The summed E-state index contributed by atoms with van der Waals surface area (Å²) in [7, 11) is 1.81. The van der Waals surface area contributed by atoms with E-state index in [0.717, 1.165) is 30.8 Å². The molecule has 0 aromatic rings. The standard InChI is InChI=1S/C15H27NO2/c1-3-18-14-8-13(15(14)17-2)16-9-12(10-4-5-10)11-6-7-11/h10-16H,3-9H2,1-2H3. The smallest absolute Gasteiger partial charge is 0.0986 e. The van der Waals surface area contributed by atoms with Gasteiger partial charge in [0.05, 0.1) is 12.2 Å². The highest BCUT2D eigenvalue weighted by Crippen LogP contribution is 2.49. The summed E-state index contributed by atoms with van der Waals surface area (Å²) in [5.41, 5.74) is 0. The van der Waals surface area contributed by atoms with E-state index in [9.17, 15) is 0 Å². The van der Waals surface area contributed by atoms with Gasteiger partial charge in [0.25, 0.3) is 0 Å². The minimum atomic E-state index is 0.268. The predicted octanol–water partition coefficient (Wildman–Crippen LogP) is 2.20. The second-order valence-corrected chi connectivity index (χ2v) is 6.28. The van der Waals surface area contributed by atoms with Crippen LogP contribution in [0.3, 0.4) is 0 Å². The second-order valence-electron chi connectivity index (χ2n) is 6.28. The molecule has 0 amide bonds. The first-order chi connectivity index (χ1) is 8.83. The number of ether oxygens (including phenoxy) is 2. The van der Waals surface area contributed by atoms with E-state index in [1.54, 1.807) is 0 Å². The Hall–Kier alpha value is -0.120. The summed E-state index contributed by atoms with van der Waals surface area (Å²) in [6, 6.07) is 0.520. The third kappa shape index (κ3) is 2.73. The molecular formula is C15H27NO2. The van der Waals surface area contributed by atoms with Gasteiger partial charge >= 0.3 is 0 Å². The van der Waals surface area contributed by atoms with Gasteiger partial charge in [0.15, 0.2) is 0 Å². The molecule has 1 N–H and O–H groups in total. The van der Waals surface area contributed by atoms with Crippen LogP contribution in [-0.4, -0.2) is 38.5 Å². The lowest BCUT2D eigenvalue weighted by Gasteiger charge is -2.44. The SMILES string of the molecule is CCOC1CC(NCC(C2CC2)C2CC2)C1OC. The lowest BCUT2D eigenvalue weighted by atomic mass is 9.84. The van der Waals surface area contributed by atoms with Crippen molar-refractivity contribution >= 4 is 0 Å². The van der Waals surface area contributed by atoms with Crippen molar-refractivity contribution < 1.29 is 9.47 Å². The molecule has 0 spiro atoms. The molecule has 104 valence electrons. The zero-order chi connectivity index (χ0) is 12.5. The molecule has 3 fully saturated rings. The largest absolute Gasteiger partial charge is 0.377 e. The molecule has 0 saturated heterocycles. The number of rotatable bonds is 8. The summed E-state index contributed by atoms with van der Waals surface area (Å²) in [6.45, 7) is 4.06. The first kappa shape index (κ1) is 12.9. The van der Waals surface area contributed by atoms with Gasteiger partial charge in [-0.05, 0) is 63.3 Å². The van der Waals surface area contributed by atoms with Crippen LogP contribution < -0.4 is 5.32 Å². The summed E-state index contributed by atoms with van der Waals surface area (Å²) < 4.78 is 11.2. The van der Waals surface area contributed by atoms with Crippen LogP contribution in [0, 0.1) is 17.8 Å². The van der Waals surface area contributed by atoms with Crippen LogP contribution in [0.25, 0.3) is 0 Å². The van der Waals surface area contributed by atoms with E-state index in [1.807, 2.05) is 7.11 Å². The van der Waals surface area contributed by atoms with Gasteiger partial charge in [-0.15, -0.1) is 0 Å². The van der Waals surface area contributed by atoms with E-state index in [1.165, 1.54) is 32.2 Å². The van der Waals surface area contributed by atoms with Gasteiger partial charge in [-0.25, -0.2) is 0 Å². The van der Waals surface area contributed by atoms with E-state index < -0.39 is 0 Å². The second kappa shape index (κ2) is 5.48. The van der Waals surface area contributed by atoms with Gasteiger partial charge in [-0.3, -0.25) is 0 Å². The lowest BCUT2D eigenvalue weighted by molar-refractivity contribution is -0.131. The lowest BCUT2D eigenvalue weighted by Crippen LogP contribution is -2.60. The highest BCUT2D eigenvalue weighted by Gasteiger charge is 2.45. The van der Waals surface area contributed by atoms with Crippen molar-refractivity contribution in [2.75, 3.05) is 20.3 Å². The summed E-state index contributed by atoms with van der Waals surface area (Å²) in [6.07, 6.45) is 7.60. The molecule has 3 atom stereocenters. The number of nitrogens with one attached hydrogen (secondary N) is 1. The molecule has 3 nitrogen and oxygen atoms in total.